The molecule has 0 bridgehead atoms. The lowest BCUT2D eigenvalue weighted by molar-refractivity contribution is 0.241. The monoisotopic (exact) mass is 202 g/mol. The van der Waals surface area contributed by atoms with Crippen LogP contribution in [0.25, 0.3) is 0 Å². The second-order valence-electron chi connectivity index (χ2n) is 1.60. The van der Waals surface area contributed by atoms with E-state index in [1.807, 2.05) is 0 Å². The topological polar surface area (TPSA) is 35.5 Å². The zero-order valence-corrected chi connectivity index (χ0v) is 8.29. The van der Waals surface area contributed by atoms with Crippen molar-refractivity contribution in [2.75, 3.05) is 0 Å². The molecule has 3 nitrogen and oxygen atoms in total. The summed E-state index contributed by atoms with van der Waals surface area (Å²) < 4.78 is 19.9. The van der Waals surface area contributed by atoms with Gasteiger partial charge in [-0.15, -0.1) is 25.3 Å². The van der Waals surface area contributed by atoms with Crippen LogP contribution in [0.4, 0.5) is 0 Å². The molecule has 0 aromatic carbocycles. The molecular weight excluding hydrogens is 192 g/mol. The summed E-state index contributed by atoms with van der Waals surface area (Å²) in [6.45, 7) is 3.29. The number of thiol groups is 2. The molecule has 0 amide bonds. The minimum Gasteiger partial charge on any atom is -0.255 e. The average molecular weight is 202 g/mol. The van der Waals surface area contributed by atoms with Crippen molar-refractivity contribution >= 4 is 36.6 Å². The van der Waals surface area contributed by atoms with E-state index in [1.165, 1.54) is 0 Å². The summed E-state index contributed by atoms with van der Waals surface area (Å²) >= 11 is 5.95. The van der Waals surface area contributed by atoms with Gasteiger partial charge in [-0.3, -0.25) is 8.37 Å². The minimum absolute atomic E-state index is 0.395. The predicted octanol–water partition coefficient (Wildman–Crippen LogP) is 1.15. The van der Waals surface area contributed by atoms with Crippen molar-refractivity contribution in [3.63, 3.8) is 0 Å². The highest BCUT2D eigenvalue weighted by atomic mass is 32.2. The molecule has 0 aliphatic rings. The molecule has 0 aromatic rings. The molecular formula is C4H10O3S3. The van der Waals surface area contributed by atoms with Gasteiger partial charge in [0.05, 0.1) is 0 Å². The van der Waals surface area contributed by atoms with Crippen molar-refractivity contribution in [1.29, 1.82) is 0 Å². The molecule has 0 N–H and O–H groups in total. The van der Waals surface area contributed by atoms with Crippen molar-refractivity contribution in [3.05, 3.63) is 0 Å². The van der Waals surface area contributed by atoms with E-state index >= 15 is 0 Å². The van der Waals surface area contributed by atoms with E-state index in [9.17, 15) is 4.21 Å². The van der Waals surface area contributed by atoms with Crippen LogP contribution < -0.4 is 0 Å². The van der Waals surface area contributed by atoms with Gasteiger partial charge in [0, 0.05) is 0 Å². The third-order valence-corrected chi connectivity index (χ3v) is 1.82. The SMILES string of the molecule is CC(S)OS(=O)OC(C)S. The molecule has 0 aliphatic heterocycles. The fourth-order valence-corrected chi connectivity index (χ4v) is 1.17. The van der Waals surface area contributed by atoms with Gasteiger partial charge in [-0.25, -0.2) is 0 Å². The van der Waals surface area contributed by atoms with Gasteiger partial charge < -0.3 is 0 Å². The fraction of sp³-hybridized carbons (Fsp3) is 1.00. The van der Waals surface area contributed by atoms with Crippen molar-refractivity contribution in [2.24, 2.45) is 0 Å². The highest BCUT2D eigenvalue weighted by Crippen LogP contribution is 2.04. The van der Waals surface area contributed by atoms with E-state index < -0.39 is 22.2 Å². The Morgan fingerprint density at radius 3 is 1.70 bits per heavy atom. The third kappa shape index (κ3) is 6.88. The van der Waals surface area contributed by atoms with E-state index in [2.05, 4.69) is 33.6 Å². The summed E-state index contributed by atoms with van der Waals surface area (Å²) in [6.07, 6.45) is 0. The largest absolute Gasteiger partial charge is 0.306 e. The van der Waals surface area contributed by atoms with Crippen LogP contribution in [0.1, 0.15) is 13.8 Å². The zero-order valence-electron chi connectivity index (χ0n) is 5.68. The zero-order chi connectivity index (χ0) is 8.15. The Morgan fingerprint density at radius 2 is 1.50 bits per heavy atom. The van der Waals surface area contributed by atoms with Gasteiger partial charge in [-0.1, -0.05) is 0 Å². The maximum atomic E-state index is 10.6. The van der Waals surface area contributed by atoms with Gasteiger partial charge in [0.15, 0.2) is 0 Å². The lowest BCUT2D eigenvalue weighted by Crippen LogP contribution is -2.10. The molecule has 2 atom stereocenters. The van der Waals surface area contributed by atoms with Gasteiger partial charge in [-0.2, -0.15) is 4.21 Å². The highest BCUT2D eigenvalue weighted by Gasteiger charge is 2.06. The highest BCUT2D eigenvalue weighted by molar-refractivity contribution is 7.83. The lowest BCUT2D eigenvalue weighted by atomic mass is 10.9. The molecule has 0 rings (SSSR count). The first kappa shape index (κ1) is 10.8. The standard InChI is InChI=1S/C4H10O3S3/c1-3(8)6-10(5)7-4(2)9/h3-4,8-9H,1-2H3. The number of rotatable bonds is 4. The number of hydrogen-bond acceptors (Lipinski definition) is 5. The van der Waals surface area contributed by atoms with Crippen molar-refractivity contribution < 1.29 is 12.6 Å². The number of hydrogen-bond donors (Lipinski definition) is 2. The first-order valence-corrected chi connectivity index (χ1v) is 4.68. The van der Waals surface area contributed by atoms with Gasteiger partial charge in [-0.05, 0) is 13.8 Å². The Kier molecular flexibility index (Phi) is 5.84. The molecule has 0 heterocycles. The Hall–Kier alpha value is 0.770. The van der Waals surface area contributed by atoms with Gasteiger partial charge in [0.1, 0.15) is 10.9 Å². The normalized spacial score (nSPS) is 20.0. The summed E-state index contributed by atoms with van der Waals surface area (Å²) in [6, 6.07) is 0. The molecule has 6 heteroatoms. The first-order chi connectivity index (χ1) is 4.52. The molecule has 0 saturated heterocycles. The average Bonchev–Trinajstić information content (AvgIpc) is 1.58. The Bertz CT molecular complexity index is 102. The molecule has 0 saturated carbocycles. The van der Waals surface area contributed by atoms with E-state index in [0.717, 1.165) is 0 Å². The molecule has 0 aliphatic carbocycles. The summed E-state index contributed by atoms with van der Waals surface area (Å²) in [5.41, 5.74) is -0.791. The Balaban J connectivity index is 3.44. The van der Waals surface area contributed by atoms with Crippen LogP contribution in [0.3, 0.4) is 0 Å². The Morgan fingerprint density at radius 1 is 1.20 bits per heavy atom. The van der Waals surface area contributed by atoms with E-state index in [4.69, 9.17) is 0 Å². The van der Waals surface area contributed by atoms with Crippen molar-refractivity contribution in [3.8, 4) is 0 Å². The molecule has 0 spiro atoms. The summed E-state index contributed by atoms with van der Waals surface area (Å²) in [7, 11) is 0. The van der Waals surface area contributed by atoms with E-state index in [-0.39, 0.29) is 0 Å². The van der Waals surface area contributed by atoms with Crippen LogP contribution in [0.15, 0.2) is 0 Å². The summed E-state index contributed by atoms with van der Waals surface area (Å²) in [5, 5.41) is 0. The molecule has 62 valence electrons. The molecule has 0 aromatic heterocycles. The van der Waals surface area contributed by atoms with Crippen molar-refractivity contribution in [1.82, 2.24) is 0 Å². The molecule has 0 radical (unpaired) electrons. The van der Waals surface area contributed by atoms with E-state index in [1.54, 1.807) is 13.8 Å². The smallest absolute Gasteiger partial charge is 0.255 e. The maximum absolute atomic E-state index is 10.6. The lowest BCUT2D eigenvalue weighted by Gasteiger charge is -2.06. The maximum Gasteiger partial charge on any atom is 0.306 e. The van der Waals surface area contributed by atoms with Crippen LogP contribution in [0.5, 0.6) is 0 Å². The fourth-order valence-electron chi connectivity index (χ4n) is 0.250. The van der Waals surface area contributed by atoms with E-state index in [0.29, 0.717) is 0 Å². The molecule has 10 heavy (non-hydrogen) atoms. The van der Waals surface area contributed by atoms with Crippen molar-refractivity contribution in [2.45, 2.75) is 24.7 Å². The van der Waals surface area contributed by atoms with Crippen LogP contribution in [-0.4, -0.2) is 15.1 Å². The predicted molar refractivity (Wildman–Crippen MR) is 47.2 cm³/mol. The van der Waals surface area contributed by atoms with Crippen LogP contribution in [0.2, 0.25) is 0 Å². The summed E-state index contributed by atoms with van der Waals surface area (Å²) in [4.78, 5) is 0. The van der Waals surface area contributed by atoms with Crippen LogP contribution >= 0.6 is 25.3 Å². The van der Waals surface area contributed by atoms with Crippen LogP contribution in [-0.2, 0) is 19.7 Å². The second kappa shape index (κ2) is 5.42. The van der Waals surface area contributed by atoms with Gasteiger partial charge in [0.2, 0.25) is 0 Å². The van der Waals surface area contributed by atoms with Crippen LogP contribution in [0, 0.1) is 0 Å². The molecule has 2 unspecified atom stereocenters. The Labute approximate surface area is 74.2 Å². The summed E-state index contributed by atoms with van der Waals surface area (Å²) in [5.74, 6) is 0. The second-order valence-corrected chi connectivity index (χ2v) is 3.84. The minimum atomic E-state index is -1.73. The van der Waals surface area contributed by atoms with Gasteiger partial charge >= 0.3 is 11.4 Å². The molecule has 0 fully saturated rings. The quantitative estimate of drug-likeness (QED) is 0.530. The van der Waals surface area contributed by atoms with Gasteiger partial charge in [0.25, 0.3) is 0 Å². The third-order valence-electron chi connectivity index (χ3n) is 0.436. The first-order valence-electron chi connectivity index (χ1n) is 2.64.